The molecule has 0 saturated carbocycles. The molecule has 0 amide bonds. The average Bonchev–Trinajstić information content (AvgIpc) is 3.46. The van der Waals surface area contributed by atoms with Crippen LogP contribution in [-0.4, -0.2) is 15.8 Å². The normalized spacial score (nSPS) is 12.0. The number of aromatic amines is 1. The van der Waals surface area contributed by atoms with Crippen LogP contribution in [0.1, 0.15) is 0 Å². The lowest BCUT2D eigenvalue weighted by Crippen LogP contribution is -2.10. The lowest BCUT2D eigenvalue weighted by Gasteiger charge is -2.37. The van der Waals surface area contributed by atoms with Gasteiger partial charge in [-0.2, -0.15) is 10.0 Å². The summed E-state index contributed by atoms with van der Waals surface area (Å²) < 4.78 is 2.12. The summed E-state index contributed by atoms with van der Waals surface area (Å²) >= 11 is 0. The van der Waals surface area contributed by atoms with Crippen LogP contribution >= 0.6 is 10.0 Å². The minimum absolute atomic E-state index is 0.100. The maximum absolute atomic E-state index is 13.4. The molecule has 0 aliphatic rings. The Morgan fingerprint density at radius 1 is 0.488 bits per heavy atom. The zero-order valence-corrected chi connectivity index (χ0v) is 25.0. The van der Waals surface area contributed by atoms with Crippen LogP contribution in [0.5, 0.6) is 0 Å². The summed E-state index contributed by atoms with van der Waals surface area (Å²) in [5.74, 6) is 0. The van der Waals surface area contributed by atoms with E-state index in [0.717, 1.165) is 21.8 Å². The lowest BCUT2D eigenvalue weighted by atomic mass is 10.1. The third-order valence-electron chi connectivity index (χ3n) is 8.40. The predicted molar refractivity (Wildman–Crippen MR) is 184 cm³/mol. The summed E-state index contributed by atoms with van der Waals surface area (Å²) in [5.41, 5.74) is 4.45. The fourth-order valence-electron chi connectivity index (χ4n) is 6.07. The molecule has 0 unspecified atom stereocenters. The minimum Gasteiger partial charge on any atom is -0.355 e. The van der Waals surface area contributed by atoms with Gasteiger partial charge in [0, 0.05) is 39.6 Å². The van der Waals surface area contributed by atoms with Crippen LogP contribution in [0, 0.1) is 0 Å². The minimum atomic E-state index is -1.50. The lowest BCUT2D eigenvalue weighted by molar-refractivity contribution is 1.00. The Balaban J connectivity index is 0.000000191. The summed E-state index contributed by atoms with van der Waals surface area (Å²) in [4.78, 5) is 20.5. The van der Waals surface area contributed by atoms with Gasteiger partial charge in [-0.1, -0.05) is 84.9 Å². The number of fused-ring (bicyclic) bond motifs is 5. The Labute approximate surface area is 252 Å². The molecule has 0 fully saturated rings. The van der Waals surface area contributed by atoms with Gasteiger partial charge >= 0.3 is 0 Å². The molecule has 0 bridgehead atoms. The van der Waals surface area contributed by atoms with E-state index in [4.69, 9.17) is 0 Å². The number of para-hydroxylation sites is 3. The SMILES string of the molecule is Cn1c2ccccc2c(=O)c2cc(S(C)(c3ccccc3)c3ccccc3)ccc21.c1ccc2c(c1)[nH]c1ccccc12. The van der Waals surface area contributed by atoms with Crippen molar-refractivity contribution in [3.05, 3.63) is 162 Å². The van der Waals surface area contributed by atoms with Gasteiger partial charge in [0.25, 0.3) is 0 Å². The first kappa shape index (κ1) is 26.8. The Hall–Kier alpha value is -5.06. The molecule has 1 N–H and O–H groups in total. The van der Waals surface area contributed by atoms with Gasteiger partial charge in [0.15, 0.2) is 5.43 Å². The quantitative estimate of drug-likeness (QED) is 0.209. The number of nitrogens with zero attached hydrogens (tertiary/aromatic N) is 1. The molecule has 0 atom stereocenters. The third kappa shape index (κ3) is 4.61. The number of aromatic nitrogens is 2. The highest BCUT2D eigenvalue weighted by molar-refractivity contribution is 8.33. The maximum atomic E-state index is 13.4. The van der Waals surface area contributed by atoms with Crippen LogP contribution in [0.3, 0.4) is 0 Å². The fraction of sp³-hybridized carbons (Fsp3) is 0.0513. The first-order chi connectivity index (χ1) is 21.1. The van der Waals surface area contributed by atoms with Crippen molar-refractivity contribution < 1.29 is 0 Å². The number of aryl methyl sites for hydroxylation is 1. The molecule has 2 aromatic heterocycles. The van der Waals surface area contributed by atoms with Gasteiger partial charge in [-0.3, -0.25) is 4.79 Å². The molecule has 2 heterocycles. The van der Waals surface area contributed by atoms with Gasteiger partial charge in [0.2, 0.25) is 0 Å². The van der Waals surface area contributed by atoms with Crippen LogP contribution in [0.25, 0.3) is 43.6 Å². The van der Waals surface area contributed by atoms with Crippen molar-refractivity contribution in [2.24, 2.45) is 7.05 Å². The van der Waals surface area contributed by atoms with Gasteiger partial charge in [-0.05, 0) is 87.7 Å². The zero-order valence-electron chi connectivity index (χ0n) is 24.2. The molecule has 3 nitrogen and oxygen atoms in total. The second kappa shape index (κ2) is 11.0. The van der Waals surface area contributed by atoms with E-state index in [2.05, 4.69) is 143 Å². The van der Waals surface area contributed by atoms with Crippen molar-refractivity contribution in [2.75, 3.05) is 6.26 Å². The predicted octanol–water partition coefficient (Wildman–Crippen LogP) is 9.92. The van der Waals surface area contributed by atoms with Gasteiger partial charge in [-0.15, -0.1) is 0 Å². The molecule has 0 aliphatic carbocycles. The molecule has 43 heavy (non-hydrogen) atoms. The van der Waals surface area contributed by atoms with E-state index in [9.17, 15) is 4.79 Å². The van der Waals surface area contributed by atoms with Crippen LogP contribution in [-0.2, 0) is 7.05 Å². The Bertz CT molecular complexity index is 2200. The van der Waals surface area contributed by atoms with E-state index in [1.807, 2.05) is 31.3 Å². The summed E-state index contributed by atoms with van der Waals surface area (Å²) in [7, 11) is 0.534. The van der Waals surface area contributed by atoms with E-state index in [1.165, 1.54) is 36.5 Å². The van der Waals surface area contributed by atoms with E-state index in [1.54, 1.807) is 0 Å². The van der Waals surface area contributed by atoms with E-state index < -0.39 is 10.0 Å². The summed E-state index contributed by atoms with van der Waals surface area (Å²) in [5, 5.41) is 4.15. The second-order valence-corrected chi connectivity index (χ2v) is 14.1. The monoisotopic (exact) mass is 576 g/mol. The topological polar surface area (TPSA) is 37.8 Å². The Morgan fingerprint density at radius 2 is 0.953 bits per heavy atom. The summed E-state index contributed by atoms with van der Waals surface area (Å²) in [6.07, 6.45) is 2.32. The first-order valence-corrected chi connectivity index (χ1v) is 16.5. The van der Waals surface area contributed by atoms with Crippen molar-refractivity contribution in [1.82, 2.24) is 9.55 Å². The smallest absolute Gasteiger partial charge is 0.197 e. The van der Waals surface area contributed by atoms with E-state index >= 15 is 0 Å². The largest absolute Gasteiger partial charge is 0.355 e. The number of hydrogen-bond acceptors (Lipinski definition) is 1. The van der Waals surface area contributed by atoms with Gasteiger partial charge in [0.05, 0.1) is 11.0 Å². The van der Waals surface area contributed by atoms with Crippen molar-refractivity contribution in [3.63, 3.8) is 0 Å². The van der Waals surface area contributed by atoms with Crippen LogP contribution in [0.2, 0.25) is 0 Å². The molecule has 8 rings (SSSR count). The van der Waals surface area contributed by atoms with E-state index in [0.29, 0.717) is 0 Å². The van der Waals surface area contributed by atoms with Crippen LogP contribution < -0.4 is 5.43 Å². The molecule has 0 aliphatic heterocycles. The van der Waals surface area contributed by atoms with Crippen molar-refractivity contribution in [2.45, 2.75) is 14.7 Å². The maximum Gasteiger partial charge on any atom is 0.197 e. The highest BCUT2D eigenvalue weighted by atomic mass is 32.3. The molecule has 0 saturated heterocycles. The Morgan fingerprint density at radius 3 is 1.53 bits per heavy atom. The zero-order chi connectivity index (χ0) is 29.4. The molecule has 210 valence electrons. The second-order valence-electron chi connectivity index (χ2n) is 10.8. The van der Waals surface area contributed by atoms with Crippen molar-refractivity contribution >= 4 is 53.6 Å². The molecular formula is C39H32N2OS. The first-order valence-electron chi connectivity index (χ1n) is 14.4. The molecule has 6 aromatic carbocycles. The van der Waals surface area contributed by atoms with Crippen molar-refractivity contribution in [1.29, 1.82) is 0 Å². The number of H-pyrrole nitrogens is 1. The highest BCUT2D eigenvalue weighted by Gasteiger charge is 2.26. The summed E-state index contributed by atoms with van der Waals surface area (Å²) in [6.45, 7) is 0. The van der Waals surface area contributed by atoms with Gasteiger partial charge in [0.1, 0.15) is 0 Å². The Kier molecular flexibility index (Phi) is 6.84. The van der Waals surface area contributed by atoms with Gasteiger partial charge in [-0.25, -0.2) is 0 Å². The fourth-order valence-corrected chi connectivity index (χ4v) is 8.98. The number of pyridine rings is 1. The highest BCUT2D eigenvalue weighted by Crippen LogP contribution is 2.65. The van der Waals surface area contributed by atoms with E-state index in [-0.39, 0.29) is 5.43 Å². The number of nitrogens with one attached hydrogen (secondary N) is 1. The van der Waals surface area contributed by atoms with Crippen molar-refractivity contribution in [3.8, 4) is 0 Å². The standard InChI is InChI=1S/C27H23NOS.C12H9N/c1-28-25-16-10-9-15-23(25)27(29)24-19-22(17-18-26(24)28)30(2,20-11-5-3-6-12-20)21-13-7-4-8-14-21;1-3-7-11-9(5-1)10-6-2-4-8-12(10)13-11/h3-19H,1-2H3;1-8,13H. The van der Waals surface area contributed by atoms with Gasteiger partial charge < -0.3 is 9.55 Å². The molecule has 4 heteroatoms. The number of rotatable bonds is 3. The third-order valence-corrected chi connectivity index (χ3v) is 12.0. The van der Waals surface area contributed by atoms with Crippen LogP contribution in [0.15, 0.2) is 171 Å². The molecule has 8 aromatic rings. The number of benzene rings is 6. The summed E-state index contributed by atoms with van der Waals surface area (Å²) in [6, 6.07) is 52.3. The number of hydrogen-bond donors (Lipinski definition) is 1. The molecule has 0 radical (unpaired) electrons. The molecule has 0 spiro atoms. The average molecular weight is 577 g/mol. The van der Waals surface area contributed by atoms with Crippen LogP contribution in [0.4, 0.5) is 0 Å². The molecular weight excluding hydrogens is 545 g/mol.